The third-order valence-electron chi connectivity index (χ3n) is 3.29. The highest BCUT2D eigenvalue weighted by Crippen LogP contribution is 2.33. The Labute approximate surface area is 119 Å². The summed E-state index contributed by atoms with van der Waals surface area (Å²) in [7, 11) is 0. The molecule has 0 radical (unpaired) electrons. The van der Waals surface area contributed by atoms with E-state index < -0.39 is 0 Å². The Hall–Kier alpha value is -2.54. The summed E-state index contributed by atoms with van der Waals surface area (Å²) in [4.78, 5) is 0. The molecule has 0 saturated carbocycles. The summed E-state index contributed by atoms with van der Waals surface area (Å²) in [5, 5.41) is 0. The topological polar surface area (TPSA) is 9.23 Å². The highest BCUT2D eigenvalue weighted by atomic mass is 16.5. The standard InChI is InChI=1S/C19H16O/c1-15-9-5-7-13-18(15)20-19-14-8-6-12-17(19)16-10-3-2-4-11-16/h2-14H,1H3. The number of ether oxygens (including phenoxy) is 1. The molecule has 0 N–H and O–H groups in total. The Bertz CT molecular complexity index is 702. The minimum Gasteiger partial charge on any atom is -0.456 e. The van der Waals surface area contributed by atoms with E-state index in [0.29, 0.717) is 0 Å². The lowest BCUT2D eigenvalue weighted by molar-refractivity contribution is 0.480. The number of benzene rings is 3. The molecule has 0 saturated heterocycles. The van der Waals surface area contributed by atoms with Crippen molar-refractivity contribution in [1.29, 1.82) is 0 Å². The predicted molar refractivity (Wildman–Crippen MR) is 83.1 cm³/mol. The van der Waals surface area contributed by atoms with Crippen molar-refractivity contribution in [2.75, 3.05) is 0 Å². The second kappa shape index (κ2) is 5.62. The van der Waals surface area contributed by atoms with Gasteiger partial charge in [-0.3, -0.25) is 0 Å². The molecule has 0 aliphatic carbocycles. The van der Waals surface area contributed by atoms with E-state index in [0.717, 1.165) is 28.2 Å². The molecule has 98 valence electrons. The lowest BCUT2D eigenvalue weighted by Gasteiger charge is -2.12. The van der Waals surface area contributed by atoms with Crippen LogP contribution in [0.5, 0.6) is 11.5 Å². The van der Waals surface area contributed by atoms with Crippen LogP contribution in [0.3, 0.4) is 0 Å². The summed E-state index contributed by atoms with van der Waals surface area (Å²) >= 11 is 0. The van der Waals surface area contributed by atoms with E-state index in [4.69, 9.17) is 4.74 Å². The van der Waals surface area contributed by atoms with Crippen LogP contribution in [-0.2, 0) is 0 Å². The zero-order valence-corrected chi connectivity index (χ0v) is 11.4. The lowest BCUT2D eigenvalue weighted by Crippen LogP contribution is -1.90. The fourth-order valence-corrected chi connectivity index (χ4v) is 2.20. The van der Waals surface area contributed by atoms with Gasteiger partial charge in [-0.25, -0.2) is 0 Å². The predicted octanol–water partition coefficient (Wildman–Crippen LogP) is 5.45. The first-order valence-corrected chi connectivity index (χ1v) is 6.72. The first kappa shape index (κ1) is 12.5. The van der Waals surface area contributed by atoms with Crippen LogP contribution in [0.1, 0.15) is 5.56 Å². The van der Waals surface area contributed by atoms with E-state index in [2.05, 4.69) is 31.2 Å². The first-order valence-electron chi connectivity index (χ1n) is 6.72. The Morgan fingerprint density at radius 1 is 0.600 bits per heavy atom. The van der Waals surface area contributed by atoms with Crippen LogP contribution < -0.4 is 4.74 Å². The van der Waals surface area contributed by atoms with Crippen LogP contribution in [-0.4, -0.2) is 0 Å². The minimum atomic E-state index is 0.882. The van der Waals surface area contributed by atoms with Crippen LogP contribution in [0.25, 0.3) is 11.1 Å². The van der Waals surface area contributed by atoms with Gasteiger partial charge in [0, 0.05) is 5.56 Å². The van der Waals surface area contributed by atoms with Gasteiger partial charge >= 0.3 is 0 Å². The van der Waals surface area contributed by atoms with Crippen molar-refractivity contribution >= 4 is 0 Å². The first-order chi connectivity index (χ1) is 9.84. The molecule has 1 nitrogen and oxygen atoms in total. The van der Waals surface area contributed by atoms with E-state index in [1.807, 2.05) is 54.6 Å². The van der Waals surface area contributed by atoms with Crippen molar-refractivity contribution in [1.82, 2.24) is 0 Å². The summed E-state index contributed by atoms with van der Waals surface area (Å²) in [5.41, 5.74) is 3.41. The highest BCUT2D eigenvalue weighted by Gasteiger charge is 2.07. The van der Waals surface area contributed by atoms with Gasteiger partial charge in [-0.2, -0.15) is 0 Å². The molecule has 0 bridgehead atoms. The monoisotopic (exact) mass is 260 g/mol. The maximum atomic E-state index is 6.09. The highest BCUT2D eigenvalue weighted by molar-refractivity contribution is 5.70. The summed E-state index contributed by atoms with van der Waals surface area (Å²) in [6.07, 6.45) is 0. The van der Waals surface area contributed by atoms with Crippen molar-refractivity contribution in [3.63, 3.8) is 0 Å². The number of aryl methyl sites for hydroxylation is 1. The SMILES string of the molecule is Cc1ccccc1Oc1ccccc1-c1ccccc1. The van der Waals surface area contributed by atoms with Crippen molar-refractivity contribution in [3.05, 3.63) is 84.4 Å². The average molecular weight is 260 g/mol. The van der Waals surface area contributed by atoms with Crippen molar-refractivity contribution in [2.45, 2.75) is 6.92 Å². The molecule has 1 heteroatoms. The van der Waals surface area contributed by atoms with Crippen LogP contribution in [0.15, 0.2) is 78.9 Å². The van der Waals surface area contributed by atoms with Crippen LogP contribution in [0.4, 0.5) is 0 Å². The van der Waals surface area contributed by atoms with Gasteiger partial charge in [0.25, 0.3) is 0 Å². The zero-order valence-electron chi connectivity index (χ0n) is 11.4. The van der Waals surface area contributed by atoms with E-state index in [1.165, 1.54) is 0 Å². The Morgan fingerprint density at radius 3 is 1.95 bits per heavy atom. The second-order valence-electron chi connectivity index (χ2n) is 4.73. The molecule has 0 aromatic heterocycles. The molecule has 0 amide bonds. The molecule has 3 rings (SSSR count). The van der Waals surface area contributed by atoms with Gasteiger partial charge in [-0.05, 0) is 30.2 Å². The second-order valence-corrected chi connectivity index (χ2v) is 4.73. The molecule has 0 atom stereocenters. The maximum Gasteiger partial charge on any atom is 0.135 e. The van der Waals surface area contributed by atoms with Gasteiger partial charge in [-0.15, -0.1) is 0 Å². The van der Waals surface area contributed by atoms with E-state index in [-0.39, 0.29) is 0 Å². The zero-order chi connectivity index (χ0) is 13.8. The van der Waals surface area contributed by atoms with Crippen LogP contribution in [0, 0.1) is 6.92 Å². The number of hydrogen-bond donors (Lipinski definition) is 0. The normalized spacial score (nSPS) is 10.2. The molecule has 0 heterocycles. The van der Waals surface area contributed by atoms with E-state index in [9.17, 15) is 0 Å². The van der Waals surface area contributed by atoms with Gasteiger partial charge in [0.1, 0.15) is 11.5 Å². The van der Waals surface area contributed by atoms with Crippen molar-refractivity contribution < 1.29 is 4.74 Å². The van der Waals surface area contributed by atoms with Gasteiger partial charge in [0.15, 0.2) is 0 Å². The Balaban J connectivity index is 2.01. The lowest BCUT2D eigenvalue weighted by atomic mass is 10.0. The Morgan fingerprint density at radius 2 is 1.20 bits per heavy atom. The number of hydrogen-bond acceptors (Lipinski definition) is 1. The minimum absolute atomic E-state index is 0.882. The molecule has 20 heavy (non-hydrogen) atoms. The molecular weight excluding hydrogens is 244 g/mol. The average Bonchev–Trinajstić information content (AvgIpc) is 2.51. The molecule has 0 fully saturated rings. The van der Waals surface area contributed by atoms with Gasteiger partial charge in [-0.1, -0.05) is 66.7 Å². The molecule has 0 aliphatic rings. The largest absolute Gasteiger partial charge is 0.456 e. The summed E-state index contributed by atoms with van der Waals surface area (Å²) in [6, 6.07) is 26.5. The molecule has 3 aromatic carbocycles. The van der Waals surface area contributed by atoms with Crippen molar-refractivity contribution in [3.8, 4) is 22.6 Å². The van der Waals surface area contributed by atoms with Gasteiger partial charge < -0.3 is 4.74 Å². The van der Waals surface area contributed by atoms with E-state index >= 15 is 0 Å². The molecular formula is C19H16O. The summed E-state index contributed by atoms with van der Waals surface area (Å²) in [5.74, 6) is 1.78. The van der Waals surface area contributed by atoms with E-state index in [1.54, 1.807) is 0 Å². The molecule has 0 unspecified atom stereocenters. The van der Waals surface area contributed by atoms with Crippen LogP contribution >= 0.6 is 0 Å². The number of rotatable bonds is 3. The summed E-state index contributed by atoms with van der Waals surface area (Å²) in [6.45, 7) is 2.06. The van der Waals surface area contributed by atoms with Crippen molar-refractivity contribution in [2.24, 2.45) is 0 Å². The van der Waals surface area contributed by atoms with Gasteiger partial charge in [0.05, 0.1) is 0 Å². The smallest absolute Gasteiger partial charge is 0.135 e. The third-order valence-corrected chi connectivity index (χ3v) is 3.29. The maximum absolute atomic E-state index is 6.09. The van der Waals surface area contributed by atoms with Crippen LogP contribution in [0.2, 0.25) is 0 Å². The third kappa shape index (κ3) is 2.57. The molecule has 0 aliphatic heterocycles. The van der Waals surface area contributed by atoms with Gasteiger partial charge in [0.2, 0.25) is 0 Å². The molecule has 3 aromatic rings. The molecule has 0 spiro atoms. The fourth-order valence-electron chi connectivity index (χ4n) is 2.20. The fraction of sp³-hybridized carbons (Fsp3) is 0.0526. The quantitative estimate of drug-likeness (QED) is 0.608. The number of para-hydroxylation sites is 2. The summed E-state index contributed by atoms with van der Waals surface area (Å²) < 4.78 is 6.09. The Kier molecular flexibility index (Phi) is 3.51.